The molecule has 19 heavy (non-hydrogen) atoms. The van der Waals surface area contributed by atoms with E-state index in [2.05, 4.69) is 30.8 Å². The highest BCUT2D eigenvalue weighted by atomic mass is 35.5. The summed E-state index contributed by atoms with van der Waals surface area (Å²) in [7, 11) is 1.64. The van der Waals surface area contributed by atoms with Crippen LogP contribution in [-0.4, -0.2) is 29.5 Å². The maximum Gasteiger partial charge on any atom is 0.287 e. The largest absolute Gasteiger partial charge is 0.383 e. The normalized spacial score (nSPS) is 12.5. The third kappa shape index (κ3) is 4.08. The van der Waals surface area contributed by atoms with E-state index in [1.165, 1.54) is 4.68 Å². The monoisotopic (exact) mass is 285 g/mol. The Kier molecular flexibility index (Phi) is 6.05. The molecular weight excluding hydrogens is 266 g/mol. The van der Waals surface area contributed by atoms with E-state index >= 15 is 0 Å². The van der Waals surface area contributed by atoms with E-state index in [0.717, 1.165) is 0 Å². The zero-order chi connectivity index (χ0) is 14.4. The topological polar surface area (TPSA) is 56.1 Å². The maximum atomic E-state index is 11.9. The molecule has 0 aliphatic carbocycles. The standard InChI is InChI=1S/C13H20ClN3O2/c1-5-6-17-13(18)12(14)10(7-15-17)16-11(8-19-4)9(2)3/h5,7,9,11,16H,1,6,8H2,2-4H3. The summed E-state index contributed by atoms with van der Waals surface area (Å²) in [5.41, 5.74) is 0.203. The van der Waals surface area contributed by atoms with Gasteiger partial charge >= 0.3 is 0 Å². The minimum Gasteiger partial charge on any atom is -0.383 e. The first-order valence-corrected chi connectivity index (χ1v) is 6.51. The van der Waals surface area contributed by atoms with Gasteiger partial charge in [-0.05, 0) is 5.92 Å². The fraction of sp³-hybridized carbons (Fsp3) is 0.538. The van der Waals surface area contributed by atoms with Crippen molar-refractivity contribution in [3.05, 3.63) is 34.2 Å². The zero-order valence-corrected chi connectivity index (χ0v) is 12.3. The average molecular weight is 286 g/mol. The van der Waals surface area contributed by atoms with Crippen LogP contribution in [0.2, 0.25) is 5.02 Å². The lowest BCUT2D eigenvalue weighted by Crippen LogP contribution is -2.32. The Morgan fingerprint density at radius 1 is 1.63 bits per heavy atom. The van der Waals surface area contributed by atoms with Crippen molar-refractivity contribution in [2.45, 2.75) is 26.4 Å². The second-order valence-electron chi connectivity index (χ2n) is 4.60. The van der Waals surface area contributed by atoms with Crippen molar-refractivity contribution in [2.75, 3.05) is 19.0 Å². The molecule has 0 saturated carbocycles. The van der Waals surface area contributed by atoms with Crippen LogP contribution in [0.3, 0.4) is 0 Å². The summed E-state index contributed by atoms with van der Waals surface area (Å²) < 4.78 is 6.41. The molecule has 1 aromatic rings. The third-order valence-electron chi connectivity index (χ3n) is 2.78. The number of ether oxygens (including phenoxy) is 1. The molecule has 1 atom stereocenters. The van der Waals surface area contributed by atoms with Crippen LogP contribution in [0.15, 0.2) is 23.6 Å². The Labute approximate surface area is 118 Å². The lowest BCUT2D eigenvalue weighted by Gasteiger charge is -2.23. The number of allylic oxidation sites excluding steroid dienone is 1. The van der Waals surface area contributed by atoms with Crippen LogP contribution < -0.4 is 10.9 Å². The maximum absolute atomic E-state index is 11.9. The van der Waals surface area contributed by atoms with Crippen LogP contribution in [0.5, 0.6) is 0 Å². The highest BCUT2D eigenvalue weighted by molar-refractivity contribution is 6.32. The van der Waals surface area contributed by atoms with Crippen molar-refractivity contribution < 1.29 is 4.74 Å². The second-order valence-corrected chi connectivity index (χ2v) is 4.98. The molecule has 6 heteroatoms. The van der Waals surface area contributed by atoms with Crippen LogP contribution in [0.4, 0.5) is 5.69 Å². The summed E-state index contributed by atoms with van der Waals surface area (Å²) in [5.74, 6) is 0.339. The molecule has 0 aliphatic rings. The molecular formula is C13H20ClN3O2. The van der Waals surface area contributed by atoms with Crippen molar-refractivity contribution >= 4 is 17.3 Å². The van der Waals surface area contributed by atoms with E-state index in [1.54, 1.807) is 19.4 Å². The molecule has 106 valence electrons. The summed E-state index contributed by atoms with van der Waals surface area (Å²) in [5, 5.41) is 7.38. The van der Waals surface area contributed by atoms with E-state index in [9.17, 15) is 4.79 Å². The van der Waals surface area contributed by atoms with Gasteiger partial charge in [0.15, 0.2) is 0 Å². The first-order chi connectivity index (χ1) is 9.01. The van der Waals surface area contributed by atoms with Gasteiger partial charge in [-0.3, -0.25) is 4.79 Å². The molecule has 0 spiro atoms. The number of hydrogen-bond donors (Lipinski definition) is 1. The van der Waals surface area contributed by atoms with Gasteiger partial charge in [0.05, 0.1) is 31.1 Å². The number of aromatic nitrogens is 2. The number of nitrogens with zero attached hydrogens (tertiary/aromatic N) is 2. The predicted molar refractivity (Wildman–Crippen MR) is 77.8 cm³/mol. The highest BCUT2D eigenvalue weighted by Gasteiger charge is 2.16. The number of anilines is 1. The fourth-order valence-electron chi connectivity index (χ4n) is 1.60. The van der Waals surface area contributed by atoms with Crippen molar-refractivity contribution in [1.82, 2.24) is 9.78 Å². The van der Waals surface area contributed by atoms with Crippen LogP contribution in [0.25, 0.3) is 0 Å². The molecule has 0 fully saturated rings. The molecule has 0 aliphatic heterocycles. The zero-order valence-electron chi connectivity index (χ0n) is 11.5. The summed E-state index contributed by atoms with van der Waals surface area (Å²) >= 11 is 6.07. The summed E-state index contributed by atoms with van der Waals surface area (Å²) in [6.07, 6.45) is 3.15. The smallest absolute Gasteiger partial charge is 0.287 e. The summed E-state index contributed by atoms with van der Waals surface area (Å²) in [4.78, 5) is 11.9. The molecule has 1 aromatic heterocycles. The van der Waals surface area contributed by atoms with E-state index in [-0.39, 0.29) is 16.6 Å². The molecule has 1 N–H and O–H groups in total. The van der Waals surface area contributed by atoms with E-state index in [1.807, 2.05) is 0 Å². The van der Waals surface area contributed by atoms with Crippen molar-refractivity contribution in [2.24, 2.45) is 5.92 Å². The van der Waals surface area contributed by atoms with Crippen LogP contribution in [0.1, 0.15) is 13.8 Å². The lowest BCUT2D eigenvalue weighted by molar-refractivity contribution is 0.171. The predicted octanol–water partition coefficient (Wildman–Crippen LogP) is 2.17. The number of methoxy groups -OCH3 is 1. The Bertz CT molecular complexity index is 485. The van der Waals surface area contributed by atoms with Gasteiger partial charge < -0.3 is 10.1 Å². The molecule has 0 bridgehead atoms. The van der Waals surface area contributed by atoms with Gasteiger partial charge in [-0.25, -0.2) is 4.68 Å². The highest BCUT2D eigenvalue weighted by Crippen LogP contribution is 2.18. The minimum absolute atomic E-state index is 0.0685. The molecule has 1 heterocycles. The number of hydrogen-bond acceptors (Lipinski definition) is 4. The average Bonchev–Trinajstić information content (AvgIpc) is 2.37. The van der Waals surface area contributed by atoms with Crippen LogP contribution >= 0.6 is 11.6 Å². The number of nitrogens with one attached hydrogen (secondary N) is 1. The van der Waals surface area contributed by atoms with E-state index in [0.29, 0.717) is 24.8 Å². The molecule has 0 aromatic carbocycles. The Morgan fingerprint density at radius 2 is 2.32 bits per heavy atom. The van der Waals surface area contributed by atoms with Gasteiger partial charge in [-0.1, -0.05) is 31.5 Å². The van der Waals surface area contributed by atoms with Crippen molar-refractivity contribution in [3.63, 3.8) is 0 Å². The van der Waals surface area contributed by atoms with Crippen molar-refractivity contribution in [3.8, 4) is 0 Å². The van der Waals surface area contributed by atoms with Crippen LogP contribution in [-0.2, 0) is 11.3 Å². The van der Waals surface area contributed by atoms with Gasteiger partial charge in [0.2, 0.25) is 0 Å². The molecule has 1 rings (SSSR count). The van der Waals surface area contributed by atoms with Gasteiger partial charge in [0.25, 0.3) is 5.56 Å². The van der Waals surface area contributed by atoms with Crippen LogP contribution in [0, 0.1) is 5.92 Å². The quantitative estimate of drug-likeness (QED) is 0.780. The van der Waals surface area contributed by atoms with Gasteiger partial charge in [-0.2, -0.15) is 5.10 Å². The Balaban J connectivity index is 2.98. The second kappa shape index (κ2) is 7.31. The molecule has 0 amide bonds. The molecule has 0 radical (unpaired) electrons. The Morgan fingerprint density at radius 3 is 2.84 bits per heavy atom. The van der Waals surface area contributed by atoms with Gasteiger partial charge in [0, 0.05) is 7.11 Å². The number of rotatable bonds is 7. The fourth-order valence-corrected chi connectivity index (χ4v) is 1.80. The summed E-state index contributed by atoms with van der Waals surface area (Å²) in [6, 6.07) is 0.0685. The Hall–Kier alpha value is -1.33. The van der Waals surface area contributed by atoms with E-state index in [4.69, 9.17) is 16.3 Å². The van der Waals surface area contributed by atoms with Gasteiger partial charge in [-0.15, -0.1) is 6.58 Å². The first-order valence-electron chi connectivity index (χ1n) is 6.13. The van der Waals surface area contributed by atoms with Gasteiger partial charge in [0.1, 0.15) is 5.02 Å². The molecule has 0 saturated heterocycles. The molecule has 5 nitrogen and oxygen atoms in total. The third-order valence-corrected chi connectivity index (χ3v) is 3.14. The minimum atomic E-state index is -0.327. The summed E-state index contributed by atoms with van der Waals surface area (Å²) in [6.45, 7) is 8.57. The molecule has 1 unspecified atom stereocenters. The number of halogens is 1. The SMILES string of the molecule is C=CCn1ncc(NC(COC)C(C)C)c(Cl)c1=O. The van der Waals surface area contributed by atoms with Crippen molar-refractivity contribution in [1.29, 1.82) is 0 Å². The van der Waals surface area contributed by atoms with E-state index < -0.39 is 0 Å². The lowest BCUT2D eigenvalue weighted by atomic mass is 10.1. The first kappa shape index (κ1) is 15.7.